The molecular formula is C29H26N2O9S. The number of aliphatic hydroxyl groups is 1. The van der Waals surface area contributed by atoms with E-state index >= 15 is 0 Å². The van der Waals surface area contributed by atoms with E-state index in [2.05, 4.69) is 11.6 Å². The third-order valence-corrected chi connectivity index (χ3v) is 7.64. The van der Waals surface area contributed by atoms with Gasteiger partial charge in [0.15, 0.2) is 16.6 Å². The summed E-state index contributed by atoms with van der Waals surface area (Å²) < 4.78 is 27.3. The minimum atomic E-state index is -1.16. The number of methoxy groups -OCH3 is 2. The number of amides is 1. The number of benzene rings is 2. The number of fused-ring (bicyclic) bond motifs is 1. The minimum absolute atomic E-state index is 0.00536. The number of hydrogen-bond acceptors (Lipinski definition) is 11. The summed E-state index contributed by atoms with van der Waals surface area (Å²) in [6.45, 7) is 5.84. The van der Waals surface area contributed by atoms with E-state index in [1.54, 1.807) is 43.3 Å². The Balaban J connectivity index is 1.69. The van der Waals surface area contributed by atoms with Crippen LogP contribution in [0, 0.1) is 6.92 Å². The lowest BCUT2D eigenvalue weighted by molar-refractivity contribution is -0.132. The Kier molecular flexibility index (Phi) is 7.66. The highest BCUT2D eigenvalue weighted by molar-refractivity contribution is 7.17. The number of aryl methyl sites for hydroxylation is 1. The van der Waals surface area contributed by atoms with E-state index in [1.807, 2.05) is 0 Å². The fourth-order valence-corrected chi connectivity index (χ4v) is 5.58. The Morgan fingerprint density at radius 1 is 1.15 bits per heavy atom. The van der Waals surface area contributed by atoms with Gasteiger partial charge in [0.1, 0.15) is 48.0 Å². The summed E-state index contributed by atoms with van der Waals surface area (Å²) in [7, 11) is 2.93. The molecule has 5 rings (SSSR count). The Hall–Kier alpha value is -4.84. The molecule has 0 spiro atoms. The lowest BCUT2D eigenvalue weighted by Crippen LogP contribution is -2.29. The van der Waals surface area contributed by atoms with E-state index in [0.29, 0.717) is 47.5 Å². The first kappa shape index (κ1) is 27.7. The zero-order valence-corrected chi connectivity index (χ0v) is 23.3. The summed E-state index contributed by atoms with van der Waals surface area (Å²) in [5.74, 6) is -1.28. The van der Waals surface area contributed by atoms with Crippen LogP contribution in [0.3, 0.4) is 0 Å². The number of aromatic nitrogens is 1. The van der Waals surface area contributed by atoms with E-state index in [-0.39, 0.29) is 27.8 Å². The summed E-state index contributed by atoms with van der Waals surface area (Å²) in [4.78, 5) is 45.6. The lowest BCUT2D eigenvalue weighted by Gasteiger charge is -2.25. The van der Waals surface area contributed by atoms with E-state index in [4.69, 9.17) is 23.7 Å². The van der Waals surface area contributed by atoms with Crippen molar-refractivity contribution in [1.82, 2.24) is 4.98 Å². The molecule has 0 aliphatic carbocycles. The molecule has 1 unspecified atom stereocenters. The van der Waals surface area contributed by atoms with Gasteiger partial charge in [-0.2, -0.15) is 0 Å². The molecule has 11 nitrogen and oxygen atoms in total. The average molecular weight is 579 g/mol. The molecule has 212 valence electrons. The average Bonchev–Trinajstić information content (AvgIpc) is 3.50. The number of carbonyl (C=O) groups is 3. The second kappa shape index (κ2) is 11.3. The Morgan fingerprint density at radius 3 is 2.61 bits per heavy atom. The molecule has 2 aliphatic rings. The Bertz CT molecular complexity index is 1590. The zero-order chi connectivity index (χ0) is 29.3. The molecule has 41 heavy (non-hydrogen) atoms. The Labute approximate surface area is 239 Å². The zero-order valence-electron chi connectivity index (χ0n) is 22.5. The minimum Gasteiger partial charge on any atom is -0.507 e. The monoisotopic (exact) mass is 578 g/mol. The second-order valence-electron chi connectivity index (χ2n) is 8.93. The number of rotatable bonds is 8. The molecule has 0 radical (unpaired) electrons. The second-order valence-corrected chi connectivity index (χ2v) is 9.91. The van der Waals surface area contributed by atoms with Gasteiger partial charge in [-0.1, -0.05) is 24.0 Å². The highest BCUT2D eigenvalue weighted by Gasteiger charge is 2.49. The predicted molar refractivity (Wildman–Crippen MR) is 149 cm³/mol. The molecule has 2 aromatic carbocycles. The van der Waals surface area contributed by atoms with Crippen LogP contribution in [0.4, 0.5) is 5.13 Å². The van der Waals surface area contributed by atoms with Gasteiger partial charge < -0.3 is 28.8 Å². The first-order chi connectivity index (χ1) is 19.8. The van der Waals surface area contributed by atoms with Crippen molar-refractivity contribution in [2.75, 3.05) is 38.9 Å². The molecule has 1 saturated heterocycles. The van der Waals surface area contributed by atoms with Crippen LogP contribution in [0.5, 0.6) is 23.0 Å². The van der Waals surface area contributed by atoms with Crippen LogP contribution >= 0.6 is 11.3 Å². The summed E-state index contributed by atoms with van der Waals surface area (Å²) in [6.07, 6.45) is 1.43. The van der Waals surface area contributed by atoms with Crippen LogP contribution in [0.1, 0.15) is 32.5 Å². The van der Waals surface area contributed by atoms with Gasteiger partial charge in [-0.05, 0) is 37.3 Å². The summed E-state index contributed by atoms with van der Waals surface area (Å²) in [6, 6.07) is 8.46. The molecule has 1 N–H and O–H groups in total. The van der Waals surface area contributed by atoms with Crippen LogP contribution in [-0.2, 0) is 14.3 Å². The van der Waals surface area contributed by atoms with Crippen molar-refractivity contribution in [3.05, 3.63) is 76.3 Å². The maximum absolute atomic E-state index is 13.6. The van der Waals surface area contributed by atoms with Crippen molar-refractivity contribution in [3.63, 3.8) is 0 Å². The number of esters is 1. The first-order valence-corrected chi connectivity index (χ1v) is 13.3. The number of ether oxygens (including phenoxy) is 5. The normalized spacial score (nSPS) is 17.3. The van der Waals surface area contributed by atoms with Gasteiger partial charge in [0.2, 0.25) is 0 Å². The number of hydrogen-bond donors (Lipinski definition) is 1. The molecule has 0 saturated carbocycles. The molecule has 12 heteroatoms. The predicted octanol–water partition coefficient (Wildman–Crippen LogP) is 4.21. The summed E-state index contributed by atoms with van der Waals surface area (Å²) in [5, 5.41) is 11.6. The van der Waals surface area contributed by atoms with Gasteiger partial charge >= 0.3 is 11.9 Å². The van der Waals surface area contributed by atoms with Crippen LogP contribution in [0.25, 0.3) is 5.76 Å². The van der Waals surface area contributed by atoms with Gasteiger partial charge in [0.25, 0.3) is 5.78 Å². The van der Waals surface area contributed by atoms with Crippen molar-refractivity contribution >= 4 is 39.9 Å². The number of ketones is 1. The van der Waals surface area contributed by atoms with Gasteiger partial charge in [0, 0.05) is 17.2 Å². The molecule has 1 amide bonds. The van der Waals surface area contributed by atoms with Crippen molar-refractivity contribution in [1.29, 1.82) is 0 Å². The van der Waals surface area contributed by atoms with E-state index in [0.717, 1.165) is 16.2 Å². The molecule has 2 aliphatic heterocycles. The third kappa shape index (κ3) is 4.97. The number of nitrogens with zero attached hydrogens (tertiary/aromatic N) is 2. The third-order valence-electron chi connectivity index (χ3n) is 6.50. The van der Waals surface area contributed by atoms with E-state index in [9.17, 15) is 19.5 Å². The van der Waals surface area contributed by atoms with Gasteiger partial charge in [-0.15, -0.1) is 0 Å². The van der Waals surface area contributed by atoms with Gasteiger partial charge in [0.05, 0.1) is 25.5 Å². The number of Topliss-reactive ketones (excluding diaryl/α,β-unsaturated/α-hetero) is 1. The lowest BCUT2D eigenvalue weighted by atomic mass is 9.94. The molecule has 3 heterocycles. The van der Waals surface area contributed by atoms with Crippen LogP contribution in [-0.4, -0.2) is 61.8 Å². The van der Waals surface area contributed by atoms with Crippen LogP contribution in [0.15, 0.2) is 54.6 Å². The van der Waals surface area contributed by atoms with Gasteiger partial charge in [-0.3, -0.25) is 14.5 Å². The number of aliphatic hydroxyl groups excluding tert-OH is 1. The number of carbonyl (C=O) groups excluding carboxylic acids is 3. The number of thiazole rings is 1. The van der Waals surface area contributed by atoms with Gasteiger partial charge in [-0.25, -0.2) is 9.78 Å². The maximum Gasteiger partial charge on any atom is 0.350 e. The van der Waals surface area contributed by atoms with Crippen molar-refractivity contribution in [3.8, 4) is 23.0 Å². The summed E-state index contributed by atoms with van der Waals surface area (Å²) >= 11 is 0.895. The molecule has 1 atom stereocenters. The van der Waals surface area contributed by atoms with E-state index < -0.39 is 29.5 Å². The topological polar surface area (TPSA) is 134 Å². The molecule has 0 bridgehead atoms. The highest BCUT2D eigenvalue weighted by atomic mass is 32.1. The van der Waals surface area contributed by atoms with Crippen LogP contribution < -0.4 is 23.8 Å². The quantitative estimate of drug-likeness (QED) is 0.136. The fraction of sp³-hybridized carbons (Fsp3) is 0.241. The highest BCUT2D eigenvalue weighted by Crippen LogP contribution is 2.47. The van der Waals surface area contributed by atoms with Crippen molar-refractivity contribution < 1.29 is 43.2 Å². The maximum atomic E-state index is 13.6. The Morgan fingerprint density at radius 2 is 1.90 bits per heavy atom. The SMILES string of the molecule is C=CCOC(=O)c1sc(N2C(=O)C(=O)C(=C(O)c3ccc4c(c3)OCCO4)C2c2ccc(OC)cc2OC)nc1C. The molecular weight excluding hydrogens is 552 g/mol. The van der Waals surface area contributed by atoms with Crippen molar-refractivity contribution in [2.24, 2.45) is 0 Å². The largest absolute Gasteiger partial charge is 0.507 e. The smallest absolute Gasteiger partial charge is 0.350 e. The fourth-order valence-electron chi connectivity index (χ4n) is 4.59. The molecule has 1 fully saturated rings. The summed E-state index contributed by atoms with van der Waals surface area (Å²) in [5.41, 5.74) is 0.746. The standard InChI is InChI=1S/C29H26N2O9S/c1-5-10-40-28(35)26-15(2)30-29(41-26)31-23(18-8-7-17(36-3)14-20(18)37-4)22(25(33)27(31)34)24(32)16-6-9-19-21(13-16)39-12-11-38-19/h5-9,13-14,23,32H,1,10-12H2,2-4H3. The van der Waals surface area contributed by atoms with E-state index in [1.165, 1.54) is 20.3 Å². The van der Waals surface area contributed by atoms with Crippen LogP contribution in [0.2, 0.25) is 0 Å². The molecule has 1 aromatic heterocycles. The number of anilines is 1. The molecule has 3 aromatic rings. The first-order valence-electron chi connectivity index (χ1n) is 12.5. The van der Waals surface area contributed by atoms with Crippen molar-refractivity contribution in [2.45, 2.75) is 13.0 Å².